The highest BCUT2D eigenvalue weighted by Gasteiger charge is 2.18. The van der Waals surface area contributed by atoms with Crippen LogP contribution in [0.4, 0.5) is 14.5 Å². The molecule has 0 aliphatic rings. The van der Waals surface area contributed by atoms with Crippen LogP contribution >= 0.6 is 15.9 Å². The molecule has 0 unspecified atom stereocenters. The molecule has 154 valence electrons. The monoisotopic (exact) mass is 479 g/mol. The molecule has 1 aromatic carbocycles. The van der Waals surface area contributed by atoms with E-state index in [4.69, 9.17) is 4.74 Å². The Morgan fingerprint density at radius 1 is 1.25 bits per heavy atom. The van der Waals surface area contributed by atoms with Gasteiger partial charge < -0.3 is 14.4 Å². The number of pyridine rings is 1. The van der Waals surface area contributed by atoms with Crippen molar-refractivity contribution in [1.29, 1.82) is 0 Å². The second-order valence-electron chi connectivity index (χ2n) is 5.97. The van der Waals surface area contributed by atoms with Gasteiger partial charge in [-0.15, -0.1) is 0 Å². The number of hydrogen-bond donors (Lipinski definition) is 1. The van der Waals surface area contributed by atoms with Gasteiger partial charge in [0.25, 0.3) is 10.0 Å². The van der Waals surface area contributed by atoms with E-state index in [1.807, 2.05) is 19.0 Å². The molecule has 0 atom stereocenters. The first-order chi connectivity index (χ1) is 13.2. The average Bonchev–Trinajstić information content (AvgIpc) is 2.59. The van der Waals surface area contributed by atoms with Gasteiger partial charge in [-0.1, -0.05) is 0 Å². The van der Waals surface area contributed by atoms with E-state index >= 15 is 0 Å². The molecule has 0 spiro atoms. The molecule has 28 heavy (non-hydrogen) atoms. The molecule has 0 amide bonds. The van der Waals surface area contributed by atoms with Crippen LogP contribution in [0.3, 0.4) is 0 Å². The van der Waals surface area contributed by atoms with E-state index in [1.54, 1.807) is 0 Å². The van der Waals surface area contributed by atoms with Gasteiger partial charge in [0.2, 0.25) is 5.88 Å². The first-order valence-corrected chi connectivity index (χ1v) is 10.5. The van der Waals surface area contributed by atoms with E-state index in [0.717, 1.165) is 25.1 Å². The fourth-order valence-electron chi connectivity index (χ4n) is 2.17. The molecule has 0 aliphatic heterocycles. The Hall–Kier alpha value is -1.98. The van der Waals surface area contributed by atoms with Crippen molar-refractivity contribution in [2.45, 2.75) is 17.9 Å². The number of sulfonamides is 1. The minimum Gasteiger partial charge on any atom is -0.476 e. The van der Waals surface area contributed by atoms with Gasteiger partial charge >= 0.3 is 6.61 Å². The van der Waals surface area contributed by atoms with Crippen molar-refractivity contribution in [1.82, 2.24) is 9.88 Å². The zero-order valence-electron chi connectivity index (χ0n) is 15.2. The van der Waals surface area contributed by atoms with E-state index in [9.17, 15) is 17.2 Å². The Morgan fingerprint density at radius 2 is 1.93 bits per heavy atom. The normalized spacial score (nSPS) is 11.7. The summed E-state index contributed by atoms with van der Waals surface area (Å²) in [4.78, 5) is 5.99. The van der Waals surface area contributed by atoms with Crippen molar-refractivity contribution in [3.8, 4) is 11.6 Å². The quantitative estimate of drug-likeness (QED) is 0.524. The number of benzene rings is 1. The van der Waals surface area contributed by atoms with Crippen LogP contribution in [0.1, 0.15) is 6.42 Å². The Kier molecular flexibility index (Phi) is 7.96. The molecule has 0 bridgehead atoms. The highest BCUT2D eigenvalue weighted by atomic mass is 79.9. The number of ether oxygens (including phenoxy) is 2. The van der Waals surface area contributed by atoms with Gasteiger partial charge in [-0.2, -0.15) is 8.78 Å². The number of aromatic nitrogens is 1. The van der Waals surface area contributed by atoms with E-state index in [1.165, 1.54) is 24.4 Å². The lowest BCUT2D eigenvalue weighted by Gasteiger charge is -2.14. The SMILES string of the molecule is CN(C)CCCOc1ncc(Br)cc1NS(=O)(=O)c1ccc(OC(F)F)cc1. The highest BCUT2D eigenvalue weighted by molar-refractivity contribution is 9.10. The summed E-state index contributed by atoms with van der Waals surface area (Å²) in [5, 5.41) is 0. The minimum atomic E-state index is -3.98. The van der Waals surface area contributed by atoms with Gasteiger partial charge in [-0.3, -0.25) is 4.72 Å². The first kappa shape index (κ1) is 22.3. The lowest BCUT2D eigenvalue weighted by atomic mass is 10.3. The molecule has 1 N–H and O–H groups in total. The summed E-state index contributed by atoms with van der Waals surface area (Å²) in [6.07, 6.45) is 2.23. The van der Waals surface area contributed by atoms with Crippen LogP contribution in [0.5, 0.6) is 11.6 Å². The van der Waals surface area contributed by atoms with E-state index in [0.29, 0.717) is 11.1 Å². The van der Waals surface area contributed by atoms with Crippen molar-refractivity contribution in [2.75, 3.05) is 32.0 Å². The maximum absolute atomic E-state index is 12.6. The number of rotatable bonds is 10. The van der Waals surface area contributed by atoms with Gasteiger partial charge in [-0.05, 0) is 66.8 Å². The van der Waals surface area contributed by atoms with E-state index in [2.05, 4.69) is 30.4 Å². The molecule has 0 saturated carbocycles. The number of halogens is 3. The van der Waals surface area contributed by atoms with Crippen molar-refractivity contribution in [2.24, 2.45) is 0 Å². The predicted octanol–water partition coefficient (Wildman–Crippen LogP) is 3.58. The topological polar surface area (TPSA) is 80.8 Å². The molecule has 7 nitrogen and oxygen atoms in total. The zero-order valence-corrected chi connectivity index (χ0v) is 17.6. The third-order valence-corrected chi connectivity index (χ3v) is 5.22. The van der Waals surface area contributed by atoms with E-state index in [-0.39, 0.29) is 22.2 Å². The summed E-state index contributed by atoms with van der Waals surface area (Å²) in [5.41, 5.74) is 0.159. The standard InChI is InChI=1S/C17H20BrF2N3O4S/c1-23(2)8-3-9-26-16-15(10-12(18)11-21-16)22-28(24,25)14-6-4-13(5-7-14)27-17(19)20/h4-7,10-11,17,22H,3,8-9H2,1-2H3. The third-order valence-electron chi connectivity index (χ3n) is 3.41. The van der Waals surface area contributed by atoms with E-state index < -0.39 is 16.6 Å². The summed E-state index contributed by atoms with van der Waals surface area (Å²) < 4.78 is 62.4. The molecule has 2 aromatic rings. The van der Waals surface area contributed by atoms with Gasteiger partial charge in [0.1, 0.15) is 11.4 Å². The average molecular weight is 480 g/mol. The molecule has 11 heteroatoms. The predicted molar refractivity (Wildman–Crippen MR) is 104 cm³/mol. The fraction of sp³-hybridized carbons (Fsp3) is 0.353. The molecular weight excluding hydrogens is 460 g/mol. The van der Waals surface area contributed by atoms with Crippen LogP contribution in [0.25, 0.3) is 0 Å². The lowest BCUT2D eigenvalue weighted by Crippen LogP contribution is -2.17. The molecule has 0 radical (unpaired) electrons. The number of nitrogens with one attached hydrogen (secondary N) is 1. The number of nitrogens with zero attached hydrogens (tertiary/aromatic N) is 2. The summed E-state index contributed by atoms with van der Waals surface area (Å²) in [6.45, 7) is -1.81. The summed E-state index contributed by atoms with van der Waals surface area (Å²) in [5.74, 6) is 0.00571. The smallest absolute Gasteiger partial charge is 0.387 e. The van der Waals surface area contributed by atoms with Crippen LogP contribution in [0, 0.1) is 0 Å². The maximum atomic E-state index is 12.6. The second kappa shape index (κ2) is 9.99. The van der Waals surface area contributed by atoms with Gasteiger partial charge in [0.15, 0.2) is 0 Å². The summed E-state index contributed by atoms with van der Waals surface area (Å²) in [6, 6.07) is 6.17. The molecular formula is C17H20BrF2N3O4S. The van der Waals surface area contributed by atoms with Crippen molar-refractivity contribution >= 4 is 31.6 Å². The molecule has 0 aliphatic carbocycles. The molecule has 0 fully saturated rings. The Bertz CT molecular complexity index is 880. The van der Waals surface area contributed by atoms with Gasteiger partial charge in [0, 0.05) is 17.2 Å². The number of alkyl halides is 2. The zero-order chi connectivity index (χ0) is 20.7. The second-order valence-corrected chi connectivity index (χ2v) is 8.57. The van der Waals surface area contributed by atoms with Crippen LogP contribution in [-0.2, 0) is 10.0 Å². The maximum Gasteiger partial charge on any atom is 0.387 e. The molecule has 1 heterocycles. The number of hydrogen-bond acceptors (Lipinski definition) is 6. The third kappa shape index (κ3) is 6.88. The fourth-order valence-corrected chi connectivity index (χ4v) is 3.55. The van der Waals surface area contributed by atoms with Crippen LogP contribution < -0.4 is 14.2 Å². The largest absolute Gasteiger partial charge is 0.476 e. The Labute approximate surface area is 170 Å². The molecule has 1 aromatic heterocycles. The van der Waals surface area contributed by atoms with Crippen LogP contribution in [0.2, 0.25) is 0 Å². The molecule has 0 saturated heterocycles. The lowest BCUT2D eigenvalue weighted by molar-refractivity contribution is -0.0498. The number of anilines is 1. The minimum absolute atomic E-state index is 0.118. The van der Waals surface area contributed by atoms with Crippen LogP contribution in [-0.4, -0.2) is 52.2 Å². The van der Waals surface area contributed by atoms with Gasteiger partial charge in [-0.25, -0.2) is 13.4 Å². The summed E-state index contributed by atoms with van der Waals surface area (Å²) >= 11 is 3.25. The van der Waals surface area contributed by atoms with Crippen molar-refractivity contribution < 1.29 is 26.7 Å². The first-order valence-electron chi connectivity index (χ1n) is 8.18. The van der Waals surface area contributed by atoms with Gasteiger partial charge in [0.05, 0.1) is 11.5 Å². The van der Waals surface area contributed by atoms with Crippen LogP contribution in [0.15, 0.2) is 45.9 Å². The Morgan fingerprint density at radius 3 is 2.54 bits per heavy atom. The summed E-state index contributed by atoms with van der Waals surface area (Å²) in [7, 11) is -0.105. The Balaban J connectivity index is 2.15. The van der Waals surface area contributed by atoms with Crippen molar-refractivity contribution in [3.63, 3.8) is 0 Å². The molecule has 2 rings (SSSR count). The van der Waals surface area contributed by atoms with Crippen molar-refractivity contribution in [3.05, 3.63) is 41.0 Å². The highest BCUT2D eigenvalue weighted by Crippen LogP contribution is 2.28.